The van der Waals surface area contributed by atoms with Gasteiger partial charge < -0.3 is 14.8 Å². The van der Waals surface area contributed by atoms with Gasteiger partial charge in [-0.05, 0) is 56.2 Å². The molecular formula is C19H23NO3. The van der Waals surface area contributed by atoms with Crippen molar-refractivity contribution in [2.45, 2.75) is 26.9 Å². The number of para-hydroxylation sites is 1. The number of hydrogen-bond acceptors (Lipinski definition) is 3. The molecule has 0 saturated heterocycles. The second-order valence-electron chi connectivity index (χ2n) is 5.46. The summed E-state index contributed by atoms with van der Waals surface area (Å²) < 4.78 is 11.2. The molecule has 0 radical (unpaired) electrons. The highest BCUT2D eigenvalue weighted by molar-refractivity contribution is 5.80. The van der Waals surface area contributed by atoms with E-state index in [1.165, 1.54) is 5.56 Å². The molecule has 1 unspecified atom stereocenters. The summed E-state index contributed by atoms with van der Waals surface area (Å²) in [6, 6.07) is 15.3. The van der Waals surface area contributed by atoms with Crippen LogP contribution in [0, 0.1) is 13.8 Å². The van der Waals surface area contributed by atoms with Crippen LogP contribution in [0.1, 0.15) is 18.1 Å². The van der Waals surface area contributed by atoms with E-state index in [9.17, 15) is 4.79 Å². The topological polar surface area (TPSA) is 47.6 Å². The summed E-state index contributed by atoms with van der Waals surface area (Å²) in [6.07, 6.45) is -0.547. The van der Waals surface area contributed by atoms with Crippen LogP contribution < -0.4 is 14.8 Å². The fourth-order valence-corrected chi connectivity index (χ4v) is 2.05. The van der Waals surface area contributed by atoms with E-state index in [0.717, 1.165) is 11.3 Å². The van der Waals surface area contributed by atoms with Crippen molar-refractivity contribution in [2.75, 3.05) is 13.2 Å². The first kappa shape index (κ1) is 16.9. The number of ether oxygens (including phenoxy) is 2. The molecule has 0 bridgehead atoms. The smallest absolute Gasteiger partial charge is 0.260 e. The van der Waals surface area contributed by atoms with Crippen LogP contribution in [0.3, 0.4) is 0 Å². The summed E-state index contributed by atoms with van der Waals surface area (Å²) >= 11 is 0. The molecule has 2 aromatic carbocycles. The molecule has 1 N–H and O–H groups in total. The van der Waals surface area contributed by atoms with Gasteiger partial charge in [0.25, 0.3) is 5.91 Å². The van der Waals surface area contributed by atoms with Crippen molar-refractivity contribution in [3.05, 3.63) is 59.7 Å². The van der Waals surface area contributed by atoms with Gasteiger partial charge in [-0.1, -0.05) is 24.3 Å². The lowest BCUT2D eigenvalue weighted by Crippen LogP contribution is -2.38. The summed E-state index contributed by atoms with van der Waals surface area (Å²) in [6.45, 7) is 6.67. The second kappa shape index (κ2) is 8.22. The minimum absolute atomic E-state index is 0.153. The van der Waals surface area contributed by atoms with E-state index in [-0.39, 0.29) is 5.91 Å². The Morgan fingerprint density at radius 3 is 2.48 bits per heavy atom. The normalized spacial score (nSPS) is 11.6. The van der Waals surface area contributed by atoms with Gasteiger partial charge in [0, 0.05) is 0 Å². The molecule has 1 amide bonds. The molecule has 122 valence electrons. The zero-order chi connectivity index (χ0) is 16.7. The summed E-state index contributed by atoms with van der Waals surface area (Å²) in [5.41, 5.74) is 2.35. The van der Waals surface area contributed by atoms with Gasteiger partial charge in [0.2, 0.25) is 0 Å². The first-order valence-corrected chi connectivity index (χ1v) is 7.76. The number of aryl methyl sites for hydroxylation is 2. The fourth-order valence-electron chi connectivity index (χ4n) is 2.05. The van der Waals surface area contributed by atoms with Crippen molar-refractivity contribution >= 4 is 5.91 Å². The molecule has 2 aromatic rings. The van der Waals surface area contributed by atoms with E-state index in [0.29, 0.717) is 18.9 Å². The van der Waals surface area contributed by atoms with Crippen LogP contribution in [0.15, 0.2) is 48.5 Å². The SMILES string of the molecule is Cc1ccc(OC(C)C(=O)NCCOc2ccccc2)cc1C. The van der Waals surface area contributed by atoms with E-state index < -0.39 is 6.10 Å². The summed E-state index contributed by atoms with van der Waals surface area (Å²) in [5.74, 6) is 1.34. The maximum absolute atomic E-state index is 12.0. The molecule has 23 heavy (non-hydrogen) atoms. The van der Waals surface area contributed by atoms with Crippen molar-refractivity contribution in [1.29, 1.82) is 0 Å². The Kier molecular flexibility index (Phi) is 6.03. The average molecular weight is 313 g/mol. The van der Waals surface area contributed by atoms with Gasteiger partial charge in [-0.2, -0.15) is 0 Å². The molecule has 0 saturated carbocycles. The van der Waals surface area contributed by atoms with Gasteiger partial charge in [-0.3, -0.25) is 4.79 Å². The lowest BCUT2D eigenvalue weighted by Gasteiger charge is -2.15. The maximum Gasteiger partial charge on any atom is 0.260 e. The lowest BCUT2D eigenvalue weighted by molar-refractivity contribution is -0.127. The third kappa shape index (κ3) is 5.33. The Morgan fingerprint density at radius 2 is 1.78 bits per heavy atom. The monoisotopic (exact) mass is 313 g/mol. The third-order valence-corrected chi connectivity index (χ3v) is 3.57. The van der Waals surface area contributed by atoms with E-state index >= 15 is 0 Å². The van der Waals surface area contributed by atoms with Gasteiger partial charge >= 0.3 is 0 Å². The Labute approximate surface area is 137 Å². The molecule has 1 atom stereocenters. The van der Waals surface area contributed by atoms with Crippen LogP contribution in [0.2, 0.25) is 0 Å². The molecule has 0 spiro atoms. The van der Waals surface area contributed by atoms with Crippen molar-refractivity contribution < 1.29 is 14.3 Å². The highest BCUT2D eigenvalue weighted by atomic mass is 16.5. The van der Waals surface area contributed by atoms with Crippen molar-refractivity contribution in [3.63, 3.8) is 0 Å². The Balaban J connectivity index is 1.73. The molecule has 4 nitrogen and oxygen atoms in total. The number of nitrogens with one attached hydrogen (secondary N) is 1. The lowest BCUT2D eigenvalue weighted by atomic mass is 10.1. The number of carbonyl (C=O) groups excluding carboxylic acids is 1. The highest BCUT2D eigenvalue weighted by Gasteiger charge is 2.14. The molecule has 0 aliphatic carbocycles. The maximum atomic E-state index is 12.0. The molecule has 2 rings (SSSR count). The Bertz CT molecular complexity index is 640. The Morgan fingerprint density at radius 1 is 1.04 bits per heavy atom. The molecule has 0 heterocycles. The van der Waals surface area contributed by atoms with Crippen LogP contribution in [0.4, 0.5) is 0 Å². The number of benzene rings is 2. The van der Waals surface area contributed by atoms with Gasteiger partial charge in [-0.15, -0.1) is 0 Å². The molecule has 0 fully saturated rings. The highest BCUT2D eigenvalue weighted by Crippen LogP contribution is 2.17. The number of hydrogen-bond donors (Lipinski definition) is 1. The van der Waals surface area contributed by atoms with Crippen LogP contribution in [0.5, 0.6) is 11.5 Å². The largest absolute Gasteiger partial charge is 0.492 e. The van der Waals surface area contributed by atoms with E-state index in [4.69, 9.17) is 9.47 Å². The Hall–Kier alpha value is -2.49. The predicted octanol–water partition coefficient (Wildman–Crippen LogP) is 3.27. The van der Waals surface area contributed by atoms with Crippen LogP contribution in [0.25, 0.3) is 0 Å². The van der Waals surface area contributed by atoms with Crippen molar-refractivity contribution in [2.24, 2.45) is 0 Å². The zero-order valence-electron chi connectivity index (χ0n) is 13.8. The molecule has 0 aliphatic rings. The first-order valence-electron chi connectivity index (χ1n) is 7.76. The second-order valence-corrected chi connectivity index (χ2v) is 5.46. The zero-order valence-corrected chi connectivity index (χ0v) is 13.8. The molecule has 4 heteroatoms. The number of rotatable bonds is 7. The van der Waals surface area contributed by atoms with Gasteiger partial charge in [0.05, 0.1) is 6.54 Å². The van der Waals surface area contributed by atoms with Gasteiger partial charge in [0.15, 0.2) is 6.10 Å². The van der Waals surface area contributed by atoms with Gasteiger partial charge in [-0.25, -0.2) is 0 Å². The number of carbonyl (C=O) groups is 1. The minimum atomic E-state index is -0.547. The fraction of sp³-hybridized carbons (Fsp3) is 0.316. The summed E-state index contributed by atoms with van der Waals surface area (Å²) in [7, 11) is 0. The van der Waals surface area contributed by atoms with Gasteiger partial charge in [0.1, 0.15) is 18.1 Å². The standard InChI is InChI=1S/C19H23NO3/c1-14-9-10-18(13-15(14)2)23-16(3)19(21)20-11-12-22-17-7-5-4-6-8-17/h4-10,13,16H,11-12H2,1-3H3,(H,20,21). The minimum Gasteiger partial charge on any atom is -0.492 e. The quantitative estimate of drug-likeness (QED) is 0.798. The van der Waals surface area contributed by atoms with E-state index in [1.807, 2.05) is 62.4 Å². The van der Waals surface area contributed by atoms with Crippen LogP contribution >= 0.6 is 0 Å². The van der Waals surface area contributed by atoms with Crippen LogP contribution in [-0.2, 0) is 4.79 Å². The van der Waals surface area contributed by atoms with Crippen molar-refractivity contribution in [1.82, 2.24) is 5.32 Å². The summed E-state index contributed by atoms with van der Waals surface area (Å²) in [4.78, 5) is 12.0. The van der Waals surface area contributed by atoms with Crippen LogP contribution in [-0.4, -0.2) is 25.2 Å². The van der Waals surface area contributed by atoms with E-state index in [1.54, 1.807) is 6.92 Å². The molecule has 0 aliphatic heterocycles. The van der Waals surface area contributed by atoms with E-state index in [2.05, 4.69) is 5.32 Å². The predicted molar refractivity (Wildman–Crippen MR) is 91.0 cm³/mol. The van der Waals surface area contributed by atoms with Crippen molar-refractivity contribution in [3.8, 4) is 11.5 Å². The molecule has 0 aromatic heterocycles. The first-order chi connectivity index (χ1) is 11.1. The number of amides is 1. The third-order valence-electron chi connectivity index (χ3n) is 3.57. The average Bonchev–Trinajstić information content (AvgIpc) is 2.55. The molecular weight excluding hydrogens is 290 g/mol. The summed E-state index contributed by atoms with van der Waals surface area (Å²) in [5, 5.41) is 2.81.